The first-order chi connectivity index (χ1) is 12.7. The van der Waals surface area contributed by atoms with Gasteiger partial charge in [-0.1, -0.05) is 55.0 Å². The lowest BCUT2D eigenvalue weighted by Gasteiger charge is -2.25. The fourth-order valence-corrected chi connectivity index (χ4v) is 3.63. The molecule has 1 aliphatic carbocycles. The molecule has 0 aliphatic heterocycles. The Kier molecular flexibility index (Phi) is 6.48. The van der Waals surface area contributed by atoms with Gasteiger partial charge in [-0.25, -0.2) is 0 Å². The van der Waals surface area contributed by atoms with E-state index in [2.05, 4.69) is 48.3 Å². The molecule has 2 N–H and O–H groups in total. The molecule has 0 saturated heterocycles. The third-order valence-electron chi connectivity index (χ3n) is 5.31. The Morgan fingerprint density at radius 2 is 1.96 bits per heavy atom. The second-order valence-electron chi connectivity index (χ2n) is 7.12. The molecule has 2 aromatic rings. The third kappa shape index (κ3) is 4.75. The first-order valence-corrected chi connectivity index (χ1v) is 9.60. The fraction of sp³-hybridized carbons (Fsp3) is 0.391. The Hall–Kier alpha value is -2.10. The monoisotopic (exact) mass is 351 g/mol. The normalized spacial score (nSPS) is 15.4. The van der Waals surface area contributed by atoms with E-state index in [1.807, 2.05) is 6.07 Å². The van der Waals surface area contributed by atoms with E-state index in [9.17, 15) is 10.2 Å². The van der Waals surface area contributed by atoms with Gasteiger partial charge in [0.2, 0.25) is 0 Å². The summed E-state index contributed by atoms with van der Waals surface area (Å²) in [4.78, 5) is 2.46. The van der Waals surface area contributed by atoms with Crippen molar-refractivity contribution in [2.24, 2.45) is 0 Å². The Labute approximate surface area is 156 Å². The molecular weight excluding hydrogens is 322 g/mol. The van der Waals surface area contributed by atoms with Gasteiger partial charge < -0.3 is 10.2 Å². The maximum absolute atomic E-state index is 9.92. The summed E-state index contributed by atoms with van der Waals surface area (Å²) in [5.74, 6) is 0.401. The summed E-state index contributed by atoms with van der Waals surface area (Å²) in [5.41, 5.74) is 2.64. The molecule has 1 aliphatic rings. The van der Waals surface area contributed by atoms with E-state index >= 15 is 0 Å². The number of likely N-dealkylation sites (N-methyl/N-ethyl adjacent to an activating group) is 1. The van der Waals surface area contributed by atoms with Crippen molar-refractivity contribution in [3.63, 3.8) is 0 Å². The number of benzene rings is 2. The van der Waals surface area contributed by atoms with Crippen LogP contribution < -0.4 is 0 Å². The fourth-order valence-electron chi connectivity index (χ4n) is 3.63. The van der Waals surface area contributed by atoms with Crippen molar-refractivity contribution in [2.75, 3.05) is 26.2 Å². The van der Waals surface area contributed by atoms with Crippen LogP contribution in [0.5, 0.6) is 5.75 Å². The molecule has 0 fully saturated rings. The van der Waals surface area contributed by atoms with E-state index < -0.39 is 0 Å². The molecule has 0 heterocycles. The second kappa shape index (κ2) is 9.02. The van der Waals surface area contributed by atoms with E-state index in [1.54, 1.807) is 12.1 Å². The number of aromatic hydroxyl groups is 1. The molecule has 0 aromatic heterocycles. The van der Waals surface area contributed by atoms with Crippen molar-refractivity contribution in [3.05, 3.63) is 65.8 Å². The van der Waals surface area contributed by atoms with Gasteiger partial charge in [0.15, 0.2) is 0 Å². The highest BCUT2D eigenvalue weighted by molar-refractivity contribution is 5.84. The van der Waals surface area contributed by atoms with Crippen molar-refractivity contribution in [1.29, 1.82) is 0 Å². The minimum absolute atomic E-state index is 0.121. The van der Waals surface area contributed by atoms with Gasteiger partial charge >= 0.3 is 0 Å². The number of aliphatic hydroxyl groups excluding tert-OH is 1. The number of rotatable bonds is 8. The van der Waals surface area contributed by atoms with Gasteiger partial charge in [0.1, 0.15) is 5.75 Å². The van der Waals surface area contributed by atoms with Gasteiger partial charge in [-0.3, -0.25) is 4.90 Å². The number of hydrogen-bond acceptors (Lipinski definition) is 3. The Bertz CT molecular complexity index is 794. The second-order valence-corrected chi connectivity index (χ2v) is 7.12. The molecule has 3 rings (SSSR count). The van der Waals surface area contributed by atoms with Crippen LogP contribution in [0.4, 0.5) is 0 Å². The van der Waals surface area contributed by atoms with Gasteiger partial charge in [0.05, 0.1) is 0 Å². The first kappa shape index (κ1) is 18.7. The van der Waals surface area contributed by atoms with Crippen molar-refractivity contribution < 1.29 is 10.2 Å². The SMILES string of the molecule is CCN(CCC(CO)c1ccc2ccc(O)cc2c1)CC1=CC=CCC1. The minimum atomic E-state index is 0.121. The highest BCUT2D eigenvalue weighted by Crippen LogP contribution is 2.27. The molecule has 3 heteroatoms. The topological polar surface area (TPSA) is 43.7 Å². The van der Waals surface area contributed by atoms with Gasteiger partial charge in [0.25, 0.3) is 0 Å². The van der Waals surface area contributed by atoms with E-state index in [1.165, 1.54) is 5.57 Å². The average molecular weight is 351 g/mol. The Morgan fingerprint density at radius 1 is 1.12 bits per heavy atom. The Balaban J connectivity index is 1.66. The zero-order valence-electron chi connectivity index (χ0n) is 15.6. The molecule has 138 valence electrons. The summed E-state index contributed by atoms with van der Waals surface area (Å²) in [6.07, 6.45) is 9.85. The highest BCUT2D eigenvalue weighted by atomic mass is 16.3. The first-order valence-electron chi connectivity index (χ1n) is 9.60. The smallest absolute Gasteiger partial charge is 0.116 e. The van der Waals surface area contributed by atoms with Crippen LogP contribution in [0.2, 0.25) is 0 Å². The van der Waals surface area contributed by atoms with Crippen LogP contribution >= 0.6 is 0 Å². The highest BCUT2D eigenvalue weighted by Gasteiger charge is 2.14. The molecule has 3 nitrogen and oxygen atoms in total. The van der Waals surface area contributed by atoms with E-state index in [0.29, 0.717) is 0 Å². The predicted octanol–water partition coefficient (Wildman–Crippen LogP) is 4.61. The zero-order valence-corrected chi connectivity index (χ0v) is 15.6. The number of phenolic OH excluding ortho intramolecular Hbond substituents is 1. The molecule has 0 radical (unpaired) electrons. The lowest BCUT2D eigenvalue weighted by atomic mass is 9.93. The molecule has 0 spiro atoms. The number of hydrogen-bond donors (Lipinski definition) is 2. The summed E-state index contributed by atoms with van der Waals surface area (Å²) in [6.45, 7) is 5.36. The standard InChI is InChI=1S/C23H29NO2/c1-2-24(16-18-6-4-3-5-7-18)13-12-21(17-25)20-9-8-19-10-11-23(26)15-22(19)14-20/h3-4,6,8-11,14-15,21,25-26H,2,5,7,12-13,16-17H2,1H3. The summed E-state index contributed by atoms with van der Waals surface area (Å²) < 4.78 is 0. The molecule has 0 amide bonds. The van der Waals surface area contributed by atoms with E-state index in [4.69, 9.17) is 0 Å². The van der Waals surface area contributed by atoms with Crippen LogP contribution in [0.1, 0.15) is 37.7 Å². The number of allylic oxidation sites excluding steroid dienone is 3. The number of fused-ring (bicyclic) bond motifs is 1. The van der Waals surface area contributed by atoms with Crippen LogP contribution in [0.3, 0.4) is 0 Å². The van der Waals surface area contributed by atoms with Crippen molar-refractivity contribution in [2.45, 2.75) is 32.1 Å². The van der Waals surface area contributed by atoms with Crippen molar-refractivity contribution in [1.82, 2.24) is 4.90 Å². The number of aliphatic hydroxyl groups is 1. The molecule has 26 heavy (non-hydrogen) atoms. The molecule has 0 saturated carbocycles. The predicted molar refractivity (Wildman–Crippen MR) is 109 cm³/mol. The molecule has 1 atom stereocenters. The van der Waals surface area contributed by atoms with Gasteiger partial charge in [-0.05, 0) is 60.8 Å². The maximum atomic E-state index is 9.92. The summed E-state index contributed by atoms with van der Waals surface area (Å²) in [5, 5.41) is 21.8. The van der Waals surface area contributed by atoms with E-state index in [-0.39, 0.29) is 18.3 Å². The van der Waals surface area contributed by atoms with Crippen LogP contribution in [0.15, 0.2) is 60.2 Å². The van der Waals surface area contributed by atoms with Crippen LogP contribution in [-0.4, -0.2) is 41.4 Å². The van der Waals surface area contributed by atoms with Crippen LogP contribution in [0.25, 0.3) is 10.8 Å². The quantitative estimate of drug-likeness (QED) is 0.730. The summed E-state index contributed by atoms with van der Waals surface area (Å²) >= 11 is 0. The van der Waals surface area contributed by atoms with Gasteiger partial charge in [-0.2, -0.15) is 0 Å². The largest absolute Gasteiger partial charge is 0.508 e. The summed E-state index contributed by atoms with van der Waals surface area (Å²) in [7, 11) is 0. The average Bonchev–Trinajstić information content (AvgIpc) is 2.68. The van der Waals surface area contributed by atoms with Crippen molar-refractivity contribution in [3.8, 4) is 5.75 Å². The van der Waals surface area contributed by atoms with Crippen LogP contribution in [0, 0.1) is 0 Å². The molecular formula is C23H29NO2. The molecule has 2 aromatic carbocycles. The van der Waals surface area contributed by atoms with Crippen molar-refractivity contribution >= 4 is 10.8 Å². The lowest BCUT2D eigenvalue weighted by molar-refractivity contribution is 0.233. The molecule has 1 unspecified atom stereocenters. The van der Waals surface area contributed by atoms with Crippen LogP contribution in [-0.2, 0) is 0 Å². The summed E-state index contributed by atoms with van der Waals surface area (Å²) in [6, 6.07) is 11.7. The lowest BCUT2D eigenvalue weighted by Crippen LogP contribution is -2.28. The zero-order chi connectivity index (χ0) is 18.4. The minimum Gasteiger partial charge on any atom is -0.508 e. The Morgan fingerprint density at radius 3 is 2.69 bits per heavy atom. The molecule has 0 bridgehead atoms. The van der Waals surface area contributed by atoms with E-state index in [0.717, 1.165) is 55.2 Å². The number of phenols is 1. The number of nitrogens with zero attached hydrogens (tertiary/aromatic N) is 1. The maximum Gasteiger partial charge on any atom is 0.116 e. The van der Waals surface area contributed by atoms with Gasteiger partial charge in [-0.15, -0.1) is 0 Å². The third-order valence-corrected chi connectivity index (χ3v) is 5.31. The van der Waals surface area contributed by atoms with Gasteiger partial charge in [0, 0.05) is 19.1 Å².